The van der Waals surface area contributed by atoms with Gasteiger partial charge in [-0.05, 0) is 6.92 Å². The van der Waals surface area contributed by atoms with E-state index in [-0.39, 0.29) is 0 Å². The van der Waals surface area contributed by atoms with E-state index in [1.165, 1.54) is 0 Å². The third kappa shape index (κ3) is 2.41. The molecule has 0 aliphatic carbocycles. The summed E-state index contributed by atoms with van der Waals surface area (Å²) in [6, 6.07) is 0. The van der Waals surface area contributed by atoms with Crippen molar-refractivity contribution < 1.29 is 36.6 Å². The van der Waals surface area contributed by atoms with Gasteiger partial charge in [0.15, 0.2) is 0 Å². The van der Waals surface area contributed by atoms with Crippen LogP contribution in [-0.2, 0) is 4.79 Å². The number of hydrogen-bond acceptors (Lipinski definition) is 2. The molecule has 0 heterocycles. The highest BCUT2D eigenvalue weighted by Crippen LogP contribution is 2.29. The molecule has 18 heavy (non-hydrogen) atoms. The lowest BCUT2D eigenvalue weighted by molar-refractivity contribution is -0.132. The number of benzene rings is 1. The Bertz CT molecular complexity index is 510. The fraction of sp³-hybridized carbons (Fsp3) is 0.100. The van der Waals surface area contributed by atoms with Gasteiger partial charge in [-0.15, -0.1) is 0 Å². The quantitative estimate of drug-likeness (QED) is 0.301. The van der Waals surface area contributed by atoms with Gasteiger partial charge in [-0.1, -0.05) is 0 Å². The predicted octanol–water partition coefficient (Wildman–Crippen LogP) is 2.75. The Morgan fingerprint density at radius 3 is 1.78 bits per heavy atom. The fourth-order valence-electron chi connectivity index (χ4n) is 0.886. The Hall–Kier alpha value is -2.12. The Kier molecular flexibility index (Phi) is 3.89. The molecule has 0 radical (unpaired) electrons. The highest BCUT2D eigenvalue weighted by atomic mass is 19.2. The standard InChI is InChI=1S/C10H5F5O3/c1-3(10(16)17)2-18-9-7(14)5(12)4(11)6(13)8(9)15/h2H,1H3,(H,16,17). The van der Waals surface area contributed by atoms with Gasteiger partial charge in [0, 0.05) is 0 Å². The van der Waals surface area contributed by atoms with Gasteiger partial charge in [0.25, 0.3) is 0 Å². The van der Waals surface area contributed by atoms with Gasteiger partial charge in [-0.25, -0.2) is 18.0 Å². The summed E-state index contributed by atoms with van der Waals surface area (Å²) in [6.07, 6.45) is 0.362. The minimum absolute atomic E-state index is 0.362. The van der Waals surface area contributed by atoms with Crippen molar-refractivity contribution in [3.8, 4) is 5.75 Å². The zero-order chi connectivity index (χ0) is 14.0. The number of halogens is 5. The van der Waals surface area contributed by atoms with Crippen molar-refractivity contribution in [1.29, 1.82) is 0 Å². The summed E-state index contributed by atoms with van der Waals surface area (Å²) in [5, 5.41) is 8.41. The molecular weight excluding hydrogens is 263 g/mol. The molecule has 8 heteroatoms. The molecule has 0 atom stereocenters. The van der Waals surface area contributed by atoms with Crippen molar-refractivity contribution in [1.82, 2.24) is 0 Å². The van der Waals surface area contributed by atoms with Crippen LogP contribution in [0.2, 0.25) is 0 Å². The lowest BCUT2D eigenvalue weighted by atomic mass is 10.2. The average Bonchev–Trinajstić information content (AvgIpc) is 2.33. The molecule has 3 nitrogen and oxygen atoms in total. The summed E-state index contributed by atoms with van der Waals surface area (Å²) in [4.78, 5) is 10.3. The van der Waals surface area contributed by atoms with Crippen LogP contribution in [0.3, 0.4) is 0 Å². The molecular formula is C10H5F5O3. The second kappa shape index (κ2) is 5.03. The summed E-state index contributed by atoms with van der Waals surface area (Å²) in [5.41, 5.74) is -0.487. The molecule has 0 bridgehead atoms. The number of ether oxygens (including phenoxy) is 1. The lowest BCUT2D eigenvalue weighted by Crippen LogP contribution is -2.05. The van der Waals surface area contributed by atoms with E-state index in [0.29, 0.717) is 6.26 Å². The maximum absolute atomic E-state index is 13.0. The van der Waals surface area contributed by atoms with Gasteiger partial charge in [-0.2, -0.15) is 8.78 Å². The van der Waals surface area contributed by atoms with Gasteiger partial charge in [0.1, 0.15) is 6.26 Å². The van der Waals surface area contributed by atoms with E-state index in [1.807, 2.05) is 0 Å². The SMILES string of the molecule is CC(=COc1c(F)c(F)c(F)c(F)c1F)C(=O)O. The minimum atomic E-state index is -2.32. The third-order valence-electron chi connectivity index (χ3n) is 1.86. The first-order chi connectivity index (χ1) is 8.27. The van der Waals surface area contributed by atoms with Crippen LogP contribution in [0.25, 0.3) is 0 Å². The lowest BCUT2D eigenvalue weighted by Gasteiger charge is -2.07. The maximum atomic E-state index is 13.0. The third-order valence-corrected chi connectivity index (χ3v) is 1.86. The number of carboxylic acid groups (broad SMARTS) is 1. The molecule has 0 saturated heterocycles. The smallest absolute Gasteiger partial charge is 0.334 e. The monoisotopic (exact) mass is 268 g/mol. The highest BCUT2D eigenvalue weighted by molar-refractivity contribution is 5.85. The summed E-state index contributed by atoms with van der Waals surface area (Å²) in [6.45, 7) is 1.01. The van der Waals surface area contributed by atoms with Crippen molar-refractivity contribution in [2.24, 2.45) is 0 Å². The fourth-order valence-corrected chi connectivity index (χ4v) is 0.886. The molecule has 0 spiro atoms. The molecule has 0 aromatic heterocycles. The van der Waals surface area contributed by atoms with Crippen molar-refractivity contribution in [3.63, 3.8) is 0 Å². The topological polar surface area (TPSA) is 46.5 Å². The summed E-state index contributed by atoms with van der Waals surface area (Å²) in [7, 11) is 0. The molecule has 1 rings (SSSR count). The molecule has 98 valence electrons. The number of hydrogen-bond donors (Lipinski definition) is 1. The first-order valence-electron chi connectivity index (χ1n) is 4.35. The molecule has 0 unspecified atom stereocenters. The Morgan fingerprint density at radius 1 is 1.00 bits per heavy atom. The van der Waals surface area contributed by atoms with Gasteiger partial charge in [0.2, 0.25) is 34.8 Å². The van der Waals surface area contributed by atoms with Crippen molar-refractivity contribution in [3.05, 3.63) is 40.9 Å². The zero-order valence-electron chi connectivity index (χ0n) is 8.73. The summed E-state index contributed by atoms with van der Waals surface area (Å²) < 4.78 is 68.3. The van der Waals surface area contributed by atoms with E-state index in [0.717, 1.165) is 6.92 Å². The Balaban J connectivity index is 3.27. The largest absolute Gasteiger partial charge is 0.478 e. The minimum Gasteiger partial charge on any atom is -0.478 e. The van der Waals surface area contributed by atoms with Crippen LogP contribution in [0.1, 0.15) is 6.92 Å². The van der Waals surface area contributed by atoms with Gasteiger partial charge < -0.3 is 9.84 Å². The molecule has 1 aromatic rings. The molecule has 0 amide bonds. The maximum Gasteiger partial charge on any atom is 0.334 e. The van der Waals surface area contributed by atoms with E-state index in [1.54, 1.807) is 0 Å². The van der Waals surface area contributed by atoms with Crippen molar-refractivity contribution in [2.45, 2.75) is 6.92 Å². The first kappa shape index (κ1) is 13.9. The van der Waals surface area contributed by atoms with Crippen LogP contribution in [-0.4, -0.2) is 11.1 Å². The molecule has 1 N–H and O–H groups in total. The van der Waals surface area contributed by atoms with E-state index < -0.39 is 46.4 Å². The second-order valence-electron chi connectivity index (χ2n) is 3.12. The average molecular weight is 268 g/mol. The van der Waals surface area contributed by atoms with Gasteiger partial charge in [-0.3, -0.25) is 0 Å². The van der Waals surface area contributed by atoms with Crippen LogP contribution in [0.15, 0.2) is 11.8 Å². The van der Waals surface area contributed by atoms with Crippen LogP contribution in [0, 0.1) is 29.1 Å². The molecule has 1 aromatic carbocycles. The highest BCUT2D eigenvalue weighted by Gasteiger charge is 2.26. The predicted molar refractivity (Wildman–Crippen MR) is 48.3 cm³/mol. The van der Waals surface area contributed by atoms with Crippen molar-refractivity contribution in [2.75, 3.05) is 0 Å². The van der Waals surface area contributed by atoms with Crippen LogP contribution in [0.5, 0.6) is 5.75 Å². The van der Waals surface area contributed by atoms with Crippen molar-refractivity contribution >= 4 is 5.97 Å². The van der Waals surface area contributed by atoms with E-state index in [9.17, 15) is 26.7 Å². The van der Waals surface area contributed by atoms with Crippen LogP contribution >= 0.6 is 0 Å². The van der Waals surface area contributed by atoms with E-state index in [2.05, 4.69) is 4.74 Å². The van der Waals surface area contributed by atoms with E-state index >= 15 is 0 Å². The molecule has 0 aliphatic heterocycles. The number of carboxylic acids is 1. The number of rotatable bonds is 3. The molecule has 0 saturated carbocycles. The first-order valence-corrected chi connectivity index (χ1v) is 4.35. The second-order valence-corrected chi connectivity index (χ2v) is 3.12. The number of carbonyl (C=O) groups is 1. The number of aliphatic carboxylic acids is 1. The zero-order valence-corrected chi connectivity index (χ0v) is 8.73. The Labute approximate surface area is 97.1 Å². The molecule has 0 aliphatic rings. The Morgan fingerprint density at radius 2 is 1.39 bits per heavy atom. The van der Waals surface area contributed by atoms with Crippen LogP contribution < -0.4 is 4.74 Å². The normalized spacial score (nSPS) is 11.6. The molecule has 0 fully saturated rings. The van der Waals surface area contributed by atoms with Gasteiger partial charge in [0.05, 0.1) is 5.57 Å². The van der Waals surface area contributed by atoms with Gasteiger partial charge >= 0.3 is 5.97 Å². The summed E-state index contributed by atoms with van der Waals surface area (Å²) in [5.74, 6) is -14.1. The van der Waals surface area contributed by atoms with E-state index in [4.69, 9.17) is 5.11 Å². The summed E-state index contributed by atoms with van der Waals surface area (Å²) >= 11 is 0. The van der Waals surface area contributed by atoms with Crippen LogP contribution in [0.4, 0.5) is 22.0 Å².